The van der Waals surface area contributed by atoms with Crippen molar-refractivity contribution in [2.75, 3.05) is 12.4 Å². The normalized spacial score (nSPS) is 11.3. The number of nitrogens with one attached hydrogen (secondary N) is 1. The van der Waals surface area contributed by atoms with E-state index in [0.717, 1.165) is 16.8 Å². The Balaban J connectivity index is 1.98. The first-order valence-electron chi connectivity index (χ1n) is 7.35. The lowest BCUT2D eigenvalue weighted by Gasteiger charge is -2.12. The fourth-order valence-corrected chi connectivity index (χ4v) is 3.04. The van der Waals surface area contributed by atoms with E-state index >= 15 is 0 Å². The maximum Gasteiger partial charge on any atom is 0.294 e. The van der Waals surface area contributed by atoms with Gasteiger partial charge in [-0.05, 0) is 29.0 Å². The van der Waals surface area contributed by atoms with Crippen molar-refractivity contribution in [3.8, 4) is 5.75 Å². The zero-order chi connectivity index (χ0) is 18.0. The minimum absolute atomic E-state index is 0.128. The molecule has 0 aliphatic heterocycles. The van der Waals surface area contributed by atoms with Crippen molar-refractivity contribution in [1.29, 1.82) is 0 Å². The van der Waals surface area contributed by atoms with Gasteiger partial charge in [-0.2, -0.15) is 8.42 Å². The van der Waals surface area contributed by atoms with Crippen LogP contribution in [0.15, 0.2) is 65.6 Å². The van der Waals surface area contributed by atoms with Crippen molar-refractivity contribution >= 4 is 32.5 Å². The lowest BCUT2D eigenvalue weighted by molar-refractivity contribution is 0.102. The molecule has 0 unspecified atom stereocenters. The molecule has 3 aromatic carbocycles. The van der Waals surface area contributed by atoms with Gasteiger partial charge in [0.1, 0.15) is 5.75 Å². The maximum absolute atomic E-state index is 12.6. The molecule has 2 N–H and O–H groups in total. The molecule has 0 bridgehead atoms. The minimum Gasteiger partial charge on any atom is -0.495 e. The fourth-order valence-electron chi connectivity index (χ4n) is 2.55. The van der Waals surface area contributed by atoms with E-state index in [0.29, 0.717) is 11.3 Å². The van der Waals surface area contributed by atoms with Gasteiger partial charge in [0.05, 0.1) is 17.7 Å². The average Bonchev–Trinajstić information content (AvgIpc) is 2.60. The number of hydrogen-bond acceptors (Lipinski definition) is 4. The molecule has 3 rings (SSSR count). The van der Waals surface area contributed by atoms with Gasteiger partial charge in [0.25, 0.3) is 16.0 Å². The third-order valence-electron chi connectivity index (χ3n) is 3.75. The van der Waals surface area contributed by atoms with E-state index in [1.165, 1.54) is 19.2 Å². The highest BCUT2D eigenvalue weighted by molar-refractivity contribution is 7.85. The van der Waals surface area contributed by atoms with E-state index < -0.39 is 10.1 Å². The van der Waals surface area contributed by atoms with Gasteiger partial charge in [0.15, 0.2) is 0 Å². The molecule has 0 saturated carbocycles. The van der Waals surface area contributed by atoms with Crippen LogP contribution in [0, 0.1) is 0 Å². The molecule has 0 spiro atoms. The van der Waals surface area contributed by atoms with Crippen molar-refractivity contribution in [3.63, 3.8) is 0 Å². The molecule has 0 atom stereocenters. The van der Waals surface area contributed by atoms with E-state index in [2.05, 4.69) is 5.32 Å². The van der Waals surface area contributed by atoms with Gasteiger partial charge in [0, 0.05) is 11.6 Å². The van der Waals surface area contributed by atoms with Crippen LogP contribution in [-0.2, 0) is 10.1 Å². The van der Waals surface area contributed by atoms with Crippen LogP contribution >= 0.6 is 0 Å². The van der Waals surface area contributed by atoms with Crippen LogP contribution in [0.25, 0.3) is 10.8 Å². The molecule has 0 fully saturated rings. The van der Waals surface area contributed by atoms with Crippen molar-refractivity contribution in [2.45, 2.75) is 4.90 Å². The molecule has 1 amide bonds. The summed E-state index contributed by atoms with van der Waals surface area (Å²) in [5, 5.41) is 4.44. The second-order valence-electron chi connectivity index (χ2n) is 5.32. The van der Waals surface area contributed by atoms with Crippen LogP contribution in [0.4, 0.5) is 5.69 Å². The SMILES string of the molecule is COc1cc(S(=O)(=O)O)ccc1NC(=O)c1cccc2ccccc12. The predicted octanol–water partition coefficient (Wildman–Crippen LogP) is 3.35. The number of fused-ring (bicyclic) bond motifs is 1. The lowest BCUT2D eigenvalue weighted by Crippen LogP contribution is -2.13. The van der Waals surface area contributed by atoms with Gasteiger partial charge in [-0.1, -0.05) is 36.4 Å². The van der Waals surface area contributed by atoms with E-state index in [9.17, 15) is 13.2 Å². The second-order valence-corrected chi connectivity index (χ2v) is 6.74. The van der Waals surface area contributed by atoms with Crippen molar-refractivity contribution in [1.82, 2.24) is 0 Å². The Morgan fingerprint density at radius 2 is 1.76 bits per heavy atom. The van der Waals surface area contributed by atoms with Crippen LogP contribution in [-0.4, -0.2) is 26.0 Å². The Hall–Kier alpha value is -2.90. The number of carbonyl (C=O) groups excluding carboxylic acids is 1. The average molecular weight is 357 g/mol. The number of anilines is 1. The highest BCUT2D eigenvalue weighted by Gasteiger charge is 2.16. The van der Waals surface area contributed by atoms with Gasteiger partial charge in [-0.3, -0.25) is 9.35 Å². The Bertz CT molecular complexity index is 1050. The molecule has 0 aromatic heterocycles. The molecule has 0 aliphatic carbocycles. The summed E-state index contributed by atoms with van der Waals surface area (Å²) in [6.07, 6.45) is 0. The van der Waals surface area contributed by atoms with Crippen LogP contribution in [0.3, 0.4) is 0 Å². The Labute approximate surface area is 144 Å². The van der Waals surface area contributed by atoms with Crippen molar-refractivity contribution < 1.29 is 22.5 Å². The molecule has 0 heterocycles. The van der Waals surface area contributed by atoms with Gasteiger partial charge in [-0.15, -0.1) is 0 Å². The topological polar surface area (TPSA) is 92.7 Å². The summed E-state index contributed by atoms with van der Waals surface area (Å²) >= 11 is 0. The van der Waals surface area contributed by atoms with Crippen molar-refractivity contribution in [2.24, 2.45) is 0 Å². The quantitative estimate of drug-likeness (QED) is 0.699. The summed E-state index contributed by atoms with van der Waals surface area (Å²) in [7, 11) is -3.01. The third kappa shape index (κ3) is 3.47. The highest BCUT2D eigenvalue weighted by atomic mass is 32.2. The number of rotatable bonds is 4. The number of benzene rings is 3. The van der Waals surface area contributed by atoms with Crippen LogP contribution in [0.1, 0.15) is 10.4 Å². The molecule has 7 heteroatoms. The summed E-state index contributed by atoms with van der Waals surface area (Å²) in [5.74, 6) is -0.224. The van der Waals surface area contributed by atoms with Crippen molar-refractivity contribution in [3.05, 3.63) is 66.2 Å². The van der Waals surface area contributed by atoms with Crippen LogP contribution in [0.2, 0.25) is 0 Å². The summed E-state index contributed by atoms with van der Waals surface area (Å²) in [4.78, 5) is 12.3. The van der Waals surface area contributed by atoms with Gasteiger partial charge < -0.3 is 10.1 Å². The molecule has 0 saturated heterocycles. The molecule has 25 heavy (non-hydrogen) atoms. The number of amides is 1. The largest absolute Gasteiger partial charge is 0.495 e. The first-order chi connectivity index (χ1) is 11.9. The minimum atomic E-state index is -4.35. The standard InChI is InChI=1S/C18H15NO5S/c1-24-17-11-13(25(21,22)23)9-10-16(17)19-18(20)15-8-4-6-12-5-2-3-7-14(12)15/h2-11H,1H3,(H,19,20)(H,21,22,23). The van der Waals surface area contributed by atoms with E-state index in [1.807, 2.05) is 30.3 Å². The fraction of sp³-hybridized carbons (Fsp3) is 0.0556. The predicted molar refractivity (Wildman–Crippen MR) is 94.7 cm³/mol. The van der Waals surface area contributed by atoms with E-state index in [1.54, 1.807) is 12.1 Å². The van der Waals surface area contributed by atoms with Crippen LogP contribution in [0.5, 0.6) is 5.75 Å². The Kier molecular flexibility index (Phi) is 4.43. The Morgan fingerprint density at radius 3 is 2.48 bits per heavy atom. The van der Waals surface area contributed by atoms with E-state index in [-0.39, 0.29) is 16.6 Å². The summed E-state index contributed by atoms with van der Waals surface area (Å²) in [5.41, 5.74) is 0.784. The van der Waals surface area contributed by atoms with Gasteiger partial charge in [-0.25, -0.2) is 0 Å². The molecule has 0 aliphatic rings. The van der Waals surface area contributed by atoms with Gasteiger partial charge >= 0.3 is 0 Å². The molecule has 128 valence electrons. The summed E-state index contributed by atoms with van der Waals surface area (Å²) in [6, 6.07) is 16.6. The molecular weight excluding hydrogens is 342 g/mol. The zero-order valence-corrected chi connectivity index (χ0v) is 14.1. The number of hydrogen-bond donors (Lipinski definition) is 2. The third-order valence-corrected chi connectivity index (χ3v) is 4.60. The summed E-state index contributed by atoms with van der Waals surface area (Å²) in [6.45, 7) is 0. The molecule has 3 aromatic rings. The monoisotopic (exact) mass is 357 g/mol. The van der Waals surface area contributed by atoms with Gasteiger partial charge in [0.2, 0.25) is 0 Å². The summed E-state index contributed by atoms with van der Waals surface area (Å²) < 4.78 is 36.7. The maximum atomic E-state index is 12.6. The number of carbonyl (C=O) groups is 1. The zero-order valence-electron chi connectivity index (χ0n) is 13.3. The Morgan fingerprint density at radius 1 is 1.04 bits per heavy atom. The number of ether oxygens (including phenoxy) is 1. The van der Waals surface area contributed by atoms with E-state index in [4.69, 9.17) is 9.29 Å². The number of methoxy groups -OCH3 is 1. The lowest BCUT2D eigenvalue weighted by atomic mass is 10.0. The smallest absolute Gasteiger partial charge is 0.294 e. The first kappa shape index (κ1) is 16.9. The molecule has 6 nitrogen and oxygen atoms in total. The first-order valence-corrected chi connectivity index (χ1v) is 8.79. The highest BCUT2D eigenvalue weighted by Crippen LogP contribution is 2.28. The second kappa shape index (κ2) is 6.54. The van der Waals surface area contributed by atoms with Crippen LogP contribution < -0.4 is 10.1 Å². The molecule has 0 radical (unpaired) electrons. The molecular formula is C18H15NO5S.